The van der Waals surface area contributed by atoms with Crippen molar-refractivity contribution in [2.24, 2.45) is 0 Å². The molecule has 0 saturated heterocycles. The Morgan fingerprint density at radius 2 is 0.812 bits per heavy atom. The molecule has 0 aromatic rings. The maximum absolute atomic E-state index is 13.6. The van der Waals surface area contributed by atoms with Crippen LogP contribution in [0.2, 0.25) is 0 Å². The number of unbranched alkanes of at least 4 members (excludes halogenated alkanes) is 2. The zero-order chi connectivity index (χ0) is 26.4. The number of halogens is 17. The summed E-state index contributed by atoms with van der Waals surface area (Å²) in [7, 11) is 0. The van der Waals surface area contributed by atoms with Gasteiger partial charge in [-0.3, -0.25) is 0 Å². The molecule has 32 heavy (non-hydrogen) atoms. The molecule has 0 rings (SSSR count). The number of alkyl halides is 17. The van der Waals surface area contributed by atoms with Gasteiger partial charge in [0.15, 0.2) is 0 Å². The molecule has 0 amide bonds. The Balaban J connectivity index is 6.53. The Labute approximate surface area is 167 Å². The van der Waals surface area contributed by atoms with Gasteiger partial charge < -0.3 is 5.11 Å². The van der Waals surface area contributed by atoms with Crippen molar-refractivity contribution in [3.8, 4) is 0 Å². The molecule has 0 heterocycles. The van der Waals surface area contributed by atoms with E-state index in [0.29, 0.717) is 0 Å². The predicted octanol–water partition coefficient (Wildman–Crippen LogP) is 6.94. The van der Waals surface area contributed by atoms with E-state index >= 15 is 0 Å². The fourth-order valence-electron chi connectivity index (χ4n) is 2.15. The highest BCUT2D eigenvalue weighted by atomic mass is 19.4. The van der Waals surface area contributed by atoms with Crippen LogP contribution in [-0.4, -0.2) is 58.8 Å². The van der Waals surface area contributed by atoms with Crippen LogP contribution in [0.25, 0.3) is 0 Å². The molecule has 194 valence electrons. The average molecular weight is 520 g/mol. The van der Waals surface area contributed by atoms with Crippen LogP contribution in [0.3, 0.4) is 0 Å². The minimum Gasteiger partial charge on any atom is -0.387 e. The maximum atomic E-state index is 13.6. The molecule has 0 aromatic carbocycles. The van der Waals surface area contributed by atoms with Crippen LogP contribution in [0.5, 0.6) is 0 Å². The van der Waals surface area contributed by atoms with Gasteiger partial charge in [0.2, 0.25) is 0 Å². The van der Waals surface area contributed by atoms with Gasteiger partial charge in [0, 0.05) is 0 Å². The standard InChI is InChI=1S/C14H13F17O/c1-2-3-4-5-6(32)7(15,16)8(17,18)9(19,20)10(21,22)11(23,24)12(25,26)13(27,28)14(29,30)31/h6,32H,2-5H2,1H3. The highest BCUT2D eigenvalue weighted by Gasteiger charge is 2.95. The summed E-state index contributed by atoms with van der Waals surface area (Å²) in [5, 5.41) is 8.95. The first kappa shape index (κ1) is 30.8. The number of aliphatic hydroxyl groups excluding tert-OH is 1. The normalized spacial score (nSPS) is 17.0. The lowest BCUT2D eigenvalue weighted by atomic mass is 9.87. The molecule has 0 fully saturated rings. The number of rotatable bonds is 11. The van der Waals surface area contributed by atoms with Crippen LogP contribution >= 0.6 is 0 Å². The van der Waals surface area contributed by atoms with E-state index in [0.717, 1.165) is 0 Å². The molecular weight excluding hydrogens is 507 g/mol. The van der Waals surface area contributed by atoms with Crippen LogP contribution in [0.4, 0.5) is 74.6 Å². The molecule has 1 nitrogen and oxygen atoms in total. The third-order valence-corrected chi connectivity index (χ3v) is 4.25. The van der Waals surface area contributed by atoms with E-state index in [1.54, 1.807) is 0 Å². The Bertz CT molecular complexity index is 636. The highest BCUT2D eigenvalue weighted by molar-refractivity contribution is 5.15. The largest absolute Gasteiger partial charge is 0.460 e. The van der Waals surface area contributed by atoms with Gasteiger partial charge in [0.05, 0.1) is 0 Å². The summed E-state index contributed by atoms with van der Waals surface area (Å²) in [6, 6.07) is 0. The minimum atomic E-state index is -8.66. The minimum absolute atomic E-state index is 0.123. The second kappa shape index (κ2) is 8.52. The Kier molecular flexibility index (Phi) is 8.20. The lowest BCUT2D eigenvalue weighted by Gasteiger charge is -2.43. The summed E-state index contributed by atoms with van der Waals surface area (Å²) in [4.78, 5) is 0. The molecule has 0 aliphatic carbocycles. The van der Waals surface area contributed by atoms with E-state index in [1.165, 1.54) is 6.92 Å². The van der Waals surface area contributed by atoms with Crippen molar-refractivity contribution in [3.63, 3.8) is 0 Å². The average Bonchev–Trinajstić information content (AvgIpc) is 2.59. The van der Waals surface area contributed by atoms with Gasteiger partial charge in [-0.05, 0) is 6.42 Å². The highest BCUT2D eigenvalue weighted by Crippen LogP contribution is 2.64. The van der Waals surface area contributed by atoms with Crippen molar-refractivity contribution in [1.29, 1.82) is 0 Å². The van der Waals surface area contributed by atoms with E-state index in [2.05, 4.69) is 0 Å². The fraction of sp³-hybridized carbons (Fsp3) is 1.00. The number of hydrogen-bond acceptors (Lipinski definition) is 1. The van der Waals surface area contributed by atoms with E-state index in [1.807, 2.05) is 0 Å². The Morgan fingerprint density at radius 1 is 0.500 bits per heavy atom. The van der Waals surface area contributed by atoms with Crippen LogP contribution in [0, 0.1) is 0 Å². The van der Waals surface area contributed by atoms with Crippen molar-refractivity contribution in [2.45, 2.75) is 86.3 Å². The van der Waals surface area contributed by atoms with Gasteiger partial charge >= 0.3 is 47.6 Å². The zero-order valence-corrected chi connectivity index (χ0v) is 15.3. The molecular formula is C14H13F17O. The molecule has 0 aromatic heterocycles. The molecule has 0 aliphatic heterocycles. The molecule has 1 unspecified atom stereocenters. The van der Waals surface area contributed by atoms with Crippen LogP contribution in [-0.2, 0) is 0 Å². The first-order chi connectivity index (χ1) is 13.7. The summed E-state index contributed by atoms with van der Waals surface area (Å²) in [5.41, 5.74) is 0. The van der Waals surface area contributed by atoms with Crippen LogP contribution in [0.1, 0.15) is 32.6 Å². The van der Waals surface area contributed by atoms with Crippen molar-refractivity contribution in [2.75, 3.05) is 0 Å². The Morgan fingerprint density at radius 3 is 1.12 bits per heavy atom. The lowest BCUT2D eigenvalue weighted by molar-refractivity contribution is -0.464. The third kappa shape index (κ3) is 4.19. The Hall–Kier alpha value is -1.23. The molecule has 1 atom stereocenters. The van der Waals surface area contributed by atoms with Crippen molar-refractivity contribution < 1.29 is 79.7 Å². The second-order valence-corrected chi connectivity index (χ2v) is 6.58. The number of hydrogen-bond donors (Lipinski definition) is 1. The van der Waals surface area contributed by atoms with Gasteiger partial charge in [-0.25, -0.2) is 0 Å². The molecule has 0 radical (unpaired) electrons. The van der Waals surface area contributed by atoms with Gasteiger partial charge in [-0.15, -0.1) is 0 Å². The topological polar surface area (TPSA) is 20.2 Å². The zero-order valence-electron chi connectivity index (χ0n) is 15.3. The molecule has 1 N–H and O–H groups in total. The second-order valence-electron chi connectivity index (χ2n) is 6.58. The van der Waals surface area contributed by atoms with E-state index in [4.69, 9.17) is 5.11 Å². The molecule has 0 saturated carbocycles. The van der Waals surface area contributed by atoms with Crippen molar-refractivity contribution >= 4 is 0 Å². The summed E-state index contributed by atoms with van der Waals surface area (Å²) >= 11 is 0. The SMILES string of the molecule is CCCCCC(O)C(F)(F)C(F)(F)C(F)(F)C(F)(F)C(F)(F)C(F)(F)C(F)(F)C(F)(F)F. The monoisotopic (exact) mass is 520 g/mol. The van der Waals surface area contributed by atoms with Crippen molar-refractivity contribution in [1.82, 2.24) is 0 Å². The lowest BCUT2D eigenvalue weighted by Crippen LogP contribution is -2.75. The summed E-state index contributed by atoms with van der Waals surface area (Å²) in [5.74, 6) is -56.9. The molecule has 18 heteroatoms. The van der Waals surface area contributed by atoms with Crippen molar-refractivity contribution in [3.05, 3.63) is 0 Å². The van der Waals surface area contributed by atoms with Gasteiger partial charge in [0.1, 0.15) is 6.10 Å². The molecule has 0 spiro atoms. The van der Waals surface area contributed by atoms with E-state index in [-0.39, 0.29) is 12.8 Å². The quantitative estimate of drug-likeness (QED) is 0.231. The van der Waals surface area contributed by atoms with E-state index < -0.39 is 66.6 Å². The summed E-state index contributed by atoms with van der Waals surface area (Å²) in [6.07, 6.45) is -13.8. The summed E-state index contributed by atoms with van der Waals surface area (Å²) < 4.78 is 222. The smallest absolute Gasteiger partial charge is 0.387 e. The predicted molar refractivity (Wildman–Crippen MR) is 70.8 cm³/mol. The summed E-state index contributed by atoms with van der Waals surface area (Å²) in [6.45, 7) is 1.38. The van der Waals surface area contributed by atoms with Gasteiger partial charge in [-0.1, -0.05) is 26.2 Å². The molecule has 0 aliphatic rings. The molecule has 0 bridgehead atoms. The van der Waals surface area contributed by atoms with Gasteiger partial charge in [-0.2, -0.15) is 74.6 Å². The van der Waals surface area contributed by atoms with E-state index in [9.17, 15) is 74.6 Å². The maximum Gasteiger partial charge on any atom is 0.460 e. The fourth-order valence-corrected chi connectivity index (χ4v) is 2.15. The van der Waals surface area contributed by atoms with Crippen LogP contribution in [0.15, 0.2) is 0 Å². The van der Waals surface area contributed by atoms with Crippen LogP contribution < -0.4 is 0 Å². The first-order valence-electron chi connectivity index (χ1n) is 8.12. The first-order valence-corrected chi connectivity index (χ1v) is 8.12. The third-order valence-electron chi connectivity index (χ3n) is 4.25. The number of aliphatic hydroxyl groups is 1. The van der Waals surface area contributed by atoms with Gasteiger partial charge in [0.25, 0.3) is 0 Å².